The zero-order valence-electron chi connectivity index (χ0n) is 17.0. The minimum absolute atomic E-state index is 0. The first kappa shape index (κ1) is 24.2. The first-order chi connectivity index (χ1) is 11.7. The molecule has 0 aliphatic heterocycles. The van der Waals surface area contributed by atoms with E-state index in [9.17, 15) is 0 Å². The van der Waals surface area contributed by atoms with Gasteiger partial charge in [0.1, 0.15) is 0 Å². The van der Waals surface area contributed by atoms with Crippen LogP contribution in [-0.4, -0.2) is 13.0 Å². The van der Waals surface area contributed by atoms with Crippen molar-refractivity contribution in [1.82, 2.24) is 1.97 Å². The molecule has 26 heavy (non-hydrogen) atoms. The van der Waals surface area contributed by atoms with Gasteiger partial charge in [-0.1, -0.05) is 0 Å². The Morgan fingerprint density at radius 3 is 1.19 bits per heavy atom. The molecule has 0 bridgehead atoms. The van der Waals surface area contributed by atoms with E-state index in [1.807, 2.05) is 0 Å². The molecule has 0 amide bonds. The van der Waals surface area contributed by atoms with Gasteiger partial charge in [-0.05, 0) is 0 Å². The van der Waals surface area contributed by atoms with Crippen molar-refractivity contribution in [2.45, 2.75) is 65.7 Å². The zero-order valence-corrected chi connectivity index (χ0v) is 21.8. The standard InChI is InChI=1S/2C11H16N.BrH.Nd/c2*1-11(2,3)12-9-10-7-5-4-6-8-10;;/h2*4-8H,9H2,1-3H3;1H;/q2*-1;;+3/p-1. The molecule has 0 aromatic heterocycles. The van der Waals surface area contributed by atoms with Crippen LogP contribution in [0.2, 0.25) is 0 Å². The summed E-state index contributed by atoms with van der Waals surface area (Å²) in [4.78, 5) is 0. The van der Waals surface area contributed by atoms with E-state index in [1.54, 1.807) is 0 Å². The minimum atomic E-state index is -1.20. The summed E-state index contributed by atoms with van der Waals surface area (Å²) in [6, 6.07) is 21.8. The van der Waals surface area contributed by atoms with Crippen molar-refractivity contribution in [2.75, 3.05) is 0 Å². The largest absolute Gasteiger partial charge is 1.00 e. The molecule has 2 aromatic carbocycles. The van der Waals surface area contributed by atoms with Crippen LogP contribution in [0, 0.1) is 37.5 Å². The summed E-state index contributed by atoms with van der Waals surface area (Å²) in [7, 11) is 0. The second-order valence-corrected chi connectivity index (χ2v) is 12.7. The van der Waals surface area contributed by atoms with Gasteiger partial charge in [0.2, 0.25) is 0 Å². The molecule has 0 N–H and O–H groups in total. The Balaban J connectivity index is 0.00000338. The van der Waals surface area contributed by atoms with Crippen molar-refractivity contribution in [3.63, 3.8) is 0 Å². The molecule has 0 saturated carbocycles. The van der Waals surface area contributed by atoms with Gasteiger partial charge in [-0.2, -0.15) is 0 Å². The third kappa shape index (κ3) is 8.05. The van der Waals surface area contributed by atoms with Crippen molar-refractivity contribution >= 4 is 0 Å². The van der Waals surface area contributed by atoms with Crippen molar-refractivity contribution in [3.05, 3.63) is 71.8 Å². The van der Waals surface area contributed by atoms with Crippen LogP contribution >= 0.6 is 0 Å². The molecule has 0 fully saturated rings. The number of nitrogens with zero attached hydrogens (tertiary/aromatic N) is 2. The maximum absolute atomic E-state index is 2.76. The molecule has 0 aliphatic carbocycles. The normalized spacial score (nSPS) is 12.0. The number of rotatable bonds is 6. The van der Waals surface area contributed by atoms with Crippen molar-refractivity contribution in [3.8, 4) is 0 Å². The van der Waals surface area contributed by atoms with Gasteiger partial charge < -0.3 is 17.0 Å². The molecule has 0 saturated heterocycles. The third-order valence-electron chi connectivity index (χ3n) is 4.23. The van der Waals surface area contributed by atoms with Crippen LogP contribution in [0.5, 0.6) is 0 Å². The minimum Gasteiger partial charge on any atom is -1.00 e. The second kappa shape index (κ2) is 10.7. The summed E-state index contributed by atoms with van der Waals surface area (Å²) in [6.45, 7) is 16.2. The monoisotopic (exact) mass is 545 g/mol. The van der Waals surface area contributed by atoms with Gasteiger partial charge in [-0.25, -0.2) is 0 Å². The molecule has 0 radical (unpaired) electrons. The van der Waals surface area contributed by atoms with Crippen molar-refractivity contribution < 1.29 is 54.5 Å². The molecule has 4 heteroatoms. The average Bonchev–Trinajstić information content (AvgIpc) is 2.53. The Labute approximate surface area is 192 Å². The number of benzene rings is 2. The summed E-state index contributed by atoms with van der Waals surface area (Å²) in [5.74, 6) is 0. The van der Waals surface area contributed by atoms with E-state index >= 15 is 0 Å². The van der Waals surface area contributed by atoms with E-state index < -0.39 is 37.5 Å². The van der Waals surface area contributed by atoms with Crippen molar-refractivity contribution in [1.29, 1.82) is 0 Å². The average molecular weight is 549 g/mol. The maximum atomic E-state index is 2.76. The topological polar surface area (TPSA) is 6.48 Å². The van der Waals surface area contributed by atoms with Crippen LogP contribution in [-0.2, 0) is 13.1 Å². The van der Waals surface area contributed by atoms with E-state index in [-0.39, 0.29) is 28.1 Å². The van der Waals surface area contributed by atoms with Gasteiger partial charge in [0.15, 0.2) is 0 Å². The zero-order chi connectivity index (χ0) is 18.5. The molecule has 2 aromatic rings. The predicted molar refractivity (Wildman–Crippen MR) is 103 cm³/mol. The summed E-state index contributed by atoms with van der Waals surface area (Å²) in [6.07, 6.45) is 0. The third-order valence-corrected chi connectivity index (χ3v) is 11.1. The molecule has 0 atom stereocenters. The van der Waals surface area contributed by atoms with Gasteiger partial charge in [-0.3, -0.25) is 0 Å². The Bertz CT molecular complexity index is 575. The van der Waals surface area contributed by atoms with Crippen molar-refractivity contribution in [2.24, 2.45) is 0 Å². The van der Waals surface area contributed by atoms with Gasteiger partial charge in [0, 0.05) is 0 Å². The SMILES string of the molecule is CC(C)(C)[N](Cc1ccccc1)[Nd+][N](Cc1ccccc1)C(C)(C)C.[Br-]. The Kier molecular flexibility index (Phi) is 9.93. The number of halogens is 1. The number of hydrogen-bond donors (Lipinski definition) is 0. The summed E-state index contributed by atoms with van der Waals surface area (Å²) in [5.41, 5.74) is 3.22. The number of hydrogen-bond acceptors (Lipinski definition) is 2. The Morgan fingerprint density at radius 1 is 0.615 bits per heavy atom. The Morgan fingerprint density at radius 2 is 0.923 bits per heavy atom. The van der Waals surface area contributed by atoms with Crippen LogP contribution in [0.25, 0.3) is 0 Å². The first-order valence-corrected chi connectivity index (χ1v) is 11.9. The van der Waals surface area contributed by atoms with E-state index in [1.165, 1.54) is 11.1 Å². The fourth-order valence-corrected chi connectivity index (χ4v) is 7.01. The van der Waals surface area contributed by atoms with Crippen LogP contribution in [0.3, 0.4) is 0 Å². The molecule has 0 aliphatic rings. The molecule has 0 unspecified atom stereocenters. The molecular weight excluding hydrogens is 516 g/mol. The molecule has 2 nitrogen and oxygen atoms in total. The van der Waals surface area contributed by atoms with Crippen LogP contribution in [0.1, 0.15) is 52.7 Å². The van der Waals surface area contributed by atoms with E-state index in [4.69, 9.17) is 0 Å². The van der Waals surface area contributed by atoms with Gasteiger partial charge in [0.05, 0.1) is 0 Å². The summed E-state index contributed by atoms with van der Waals surface area (Å²) in [5, 5.41) is 0. The van der Waals surface area contributed by atoms with Gasteiger partial charge in [0.25, 0.3) is 0 Å². The molecule has 0 heterocycles. The smallest absolute Gasteiger partial charge is 1.00 e. The molecular formula is C22H32BrN2Nd. The van der Waals surface area contributed by atoms with Crippen LogP contribution in [0.15, 0.2) is 60.7 Å². The van der Waals surface area contributed by atoms with E-state index in [0.29, 0.717) is 0 Å². The van der Waals surface area contributed by atoms with Gasteiger partial charge >= 0.3 is 177 Å². The molecule has 2 rings (SSSR count). The quantitative estimate of drug-likeness (QED) is 0.548. The fourth-order valence-electron chi connectivity index (χ4n) is 2.52. The maximum Gasteiger partial charge on any atom is -1.00 e. The van der Waals surface area contributed by atoms with E-state index in [0.717, 1.165) is 13.1 Å². The van der Waals surface area contributed by atoms with Crippen LogP contribution in [0.4, 0.5) is 0 Å². The molecule has 141 valence electrons. The summed E-state index contributed by atoms with van der Waals surface area (Å²) < 4.78 is 5.52. The fraction of sp³-hybridized carbons (Fsp3) is 0.455. The molecule has 0 spiro atoms. The van der Waals surface area contributed by atoms with Gasteiger partial charge in [-0.15, -0.1) is 0 Å². The first-order valence-electron chi connectivity index (χ1n) is 9.06. The Hall–Kier alpha value is 0.191. The van der Waals surface area contributed by atoms with Crippen LogP contribution < -0.4 is 17.0 Å². The van der Waals surface area contributed by atoms with E-state index in [2.05, 4.69) is 104 Å². The predicted octanol–water partition coefficient (Wildman–Crippen LogP) is 2.51. The summed E-state index contributed by atoms with van der Waals surface area (Å²) >= 11 is -1.20. The second-order valence-electron chi connectivity index (χ2n) is 8.59.